The highest BCUT2D eigenvalue weighted by atomic mass is 15.0. The highest BCUT2D eigenvalue weighted by molar-refractivity contribution is 6.01. The number of imidazole rings is 1. The van der Waals surface area contributed by atoms with Gasteiger partial charge in [0.15, 0.2) is 0 Å². The second-order valence-electron chi connectivity index (χ2n) is 6.77. The van der Waals surface area contributed by atoms with Crippen LogP contribution in [0.3, 0.4) is 0 Å². The van der Waals surface area contributed by atoms with Crippen LogP contribution in [0, 0.1) is 20.8 Å². The maximum absolute atomic E-state index is 4.54. The third kappa shape index (κ3) is 2.45. The molecule has 0 aliphatic rings. The van der Waals surface area contributed by atoms with Crippen LogP contribution >= 0.6 is 0 Å². The van der Waals surface area contributed by atoms with Gasteiger partial charge in [-0.25, -0.2) is 4.98 Å². The molecule has 0 radical (unpaired) electrons. The molecule has 124 valence electrons. The number of fused-ring (bicyclic) bond motifs is 1. The van der Waals surface area contributed by atoms with Crippen molar-refractivity contribution in [3.8, 4) is 22.5 Å². The van der Waals surface area contributed by atoms with Crippen LogP contribution in [0.1, 0.15) is 16.7 Å². The summed E-state index contributed by atoms with van der Waals surface area (Å²) >= 11 is 0. The number of rotatable bonds is 2. The molecular formula is C23H22N2. The van der Waals surface area contributed by atoms with Crippen LogP contribution < -0.4 is 0 Å². The molecule has 2 nitrogen and oxygen atoms in total. The SMILES string of the molecule is Cc1cc(C)c2ccccc2c1-c1cccc(-c2nccn2C)c1C. The fourth-order valence-corrected chi connectivity index (χ4v) is 3.86. The molecule has 4 aromatic rings. The van der Waals surface area contributed by atoms with E-state index in [0.29, 0.717) is 0 Å². The van der Waals surface area contributed by atoms with E-state index >= 15 is 0 Å². The first-order valence-corrected chi connectivity index (χ1v) is 8.64. The fourth-order valence-electron chi connectivity index (χ4n) is 3.86. The third-order valence-electron chi connectivity index (χ3n) is 5.11. The predicted octanol–water partition coefficient (Wildman–Crippen LogP) is 5.83. The lowest BCUT2D eigenvalue weighted by Crippen LogP contribution is -1.97. The summed E-state index contributed by atoms with van der Waals surface area (Å²) in [6, 6.07) is 17.5. The van der Waals surface area contributed by atoms with E-state index in [1.807, 2.05) is 19.4 Å². The molecule has 0 saturated carbocycles. The number of nitrogens with zero attached hydrogens (tertiary/aromatic N) is 2. The van der Waals surface area contributed by atoms with Crippen LogP contribution in [-0.4, -0.2) is 9.55 Å². The molecule has 0 bridgehead atoms. The van der Waals surface area contributed by atoms with E-state index in [0.717, 1.165) is 5.82 Å². The quantitative estimate of drug-likeness (QED) is 0.453. The van der Waals surface area contributed by atoms with Gasteiger partial charge < -0.3 is 4.57 Å². The summed E-state index contributed by atoms with van der Waals surface area (Å²) in [5.41, 5.74) is 7.72. The lowest BCUT2D eigenvalue weighted by Gasteiger charge is -2.17. The highest BCUT2D eigenvalue weighted by Gasteiger charge is 2.15. The van der Waals surface area contributed by atoms with Crippen LogP contribution in [0.5, 0.6) is 0 Å². The molecule has 4 rings (SSSR count). The first-order valence-electron chi connectivity index (χ1n) is 8.64. The Hall–Kier alpha value is -2.87. The number of aryl methyl sites for hydroxylation is 3. The van der Waals surface area contributed by atoms with Gasteiger partial charge in [0.25, 0.3) is 0 Å². The maximum atomic E-state index is 4.54. The number of aromatic nitrogens is 2. The molecule has 0 atom stereocenters. The Labute approximate surface area is 148 Å². The Morgan fingerprint density at radius 2 is 1.52 bits per heavy atom. The van der Waals surface area contributed by atoms with Crippen LogP contribution in [0.4, 0.5) is 0 Å². The van der Waals surface area contributed by atoms with Gasteiger partial charge in [0.05, 0.1) is 0 Å². The molecule has 1 heterocycles. The van der Waals surface area contributed by atoms with Crippen LogP contribution in [0.25, 0.3) is 33.3 Å². The van der Waals surface area contributed by atoms with Crippen molar-refractivity contribution in [3.05, 3.63) is 77.6 Å². The van der Waals surface area contributed by atoms with Gasteiger partial charge in [0.2, 0.25) is 0 Å². The van der Waals surface area contributed by atoms with E-state index < -0.39 is 0 Å². The molecule has 3 aromatic carbocycles. The topological polar surface area (TPSA) is 17.8 Å². The van der Waals surface area contributed by atoms with E-state index in [1.165, 1.54) is 44.2 Å². The maximum Gasteiger partial charge on any atom is 0.139 e. The van der Waals surface area contributed by atoms with Crippen LogP contribution in [-0.2, 0) is 7.05 Å². The van der Waals surface area contributed by atoms with Gasteiger partial charge in [-0.05, 0) is 59.4 Å². The van der Waals surface area contributed by atoms with Crippen molar-refractivity contribution in [3.63, 3.8) is 0 Å². The Kier molecular flexibility index (Phi) is 3.69. The monoisotopic (exact) mass is 326 g/mol. The molecule has 0 fully saturated rings. The van der Waals surface area contributed by atoms with Crippen LogP contribution in [0.2, 0.25) is 0 Å². The summed E-state index contributed by atoms with van der Waals surface area (Å²) < 4.78 is 2.08. The van der Waals surface area contributed by atoms with E-state index in [1.54, 1.807) is 0 Å². The smallest absolute Gasteiger partial charge is 0.139 e. The number of benzene rings is 3. The van der Waals surface area contributed by atoms with Gasteiger partial charge in [-0.2, -0.15) is 0 Å². The van der Waals surface area contributed by atoms with Crippen molar-refractivity contribution in [1.82, 2.24) is 9.55 Å². The van der Waals surface area contributed by atoms with E-state index in [4.69, 9.17) is 0 Å². The molecule has 0 saturated heterocycles. The van der Waals surface area contributed by atoms with Crippen molar-refractivity contribution in [2.24, 2.45) is 7.05 Å². The number of hydrogen-bond acceptors (Lipinski definition) is 1. The van der Waals surface area contributed by atoms with Gasteiger partial charge in [-0.1, -0.05) is 48.5 Å². The summed E-state index contributed by atoms with van der Waals surface area (Å²) in [5.74, 6) is 1.01. The van der Waals surface area contributed by atoms with Crippen molar-refractivity contribution >= 4 is 10.8 Å². The standard InChI is InChI=1S/C23H22N2/c1-15-14-16(2)22(21-9-6-5-8-18(15)21)19-10-7-11-20(17(19)3)23-24-12-13-25(23)4/h5-14H,1-4H3. The summed E-state index contributed by atoms with van der Waals surface area (Å²) in [6.07, 6.45) is 3.85. The second-order valence-corrected chi connectivity index (χ2v) is 6.77. The Morgan fingerprint density at radius 1 is 0.800 bits per heavy atom. The predicted molar refractivity (Wildman–Crippen MR) is 106 cm³/mol. The first kappa shape index (κ1) is 15.6. The molecule has 0 N–H and O–H groups in total. The first-order chi connectivity index (χ1) is 12.1. The summed E-state index contributed by atoms with van der Waals surface area (Å²) in [7, 11) is 2.04. The normalized spacial score (nSPS) is 11.2. The average molecular weight is 326 g/mol. The van der Waals surface area contributed by atoms with Crippen LogP contribution in [0.15, 0.2) is 60.9 Å². The third-order valence-corrected chi connectivity index (χ3v) is 5.11. The van der Waals surface area contributed by atoms with Crippen molar-refractivity contribution in [1.29, 1.82) is 0 Å². The summed E-state index contributed by atoms with van der Waals surface area (Å²) in [5, 5.41) is 2.64. The molecule has 0 unspecified atom stereocenters. The minimum atomic E-state index is 1.01. The Bertz CT molecular complexity index is 1090. The second kappa shape index (κ2) is 5.89. The van der Waals surface area contributed by atoms with E-state index in [2.05, 4.69) is 78.9 Å². The molecule has 25 heavy (non-hydrogen) atoms. The van der Waals surface area contributed by atoms with Crippen molar-refractivity contribution in [2.45, 2.75) is 20.8 Å². The van der Waals surface area contributed by atoms with Gasteiger partial charge >= 0.3 is 0 Å². The molecule has 2 heteroatoms. The molecule has 0 amide bonds. The summed E-state index contributed by atoms with van der Waals surface area (Å²) in [4.78, 5) is 4.54. The minimum Gasteiger partial charge on any atom is -0.334 e. The molecule has 0 spiro atoms. The zero-order valence-electron chi connectivity index (χ0n) is 15.2. The number of hydrogen-bond donors (Lipinski definition) is 0. The van der Waals surface area contributed by atoms with Gasteiger partial charge in [0, 0.05) is 25.0 Å². The zero-order valence-corrected chi connectivity index (χ0v) is 15.2. The van der Waals surface area contributed by atoms with Gasteiger partial charge in [-0.15, -0.1) is 0 Å². The highest BCUT2D eigenvalue weighted by Crippen LogP contribution is 2.38. The average Bonchev–Trinajstić information content (AvgIpc) is 3.02. The van der Waals surface area contributed by atoms with Crippen molar-refractivity contribution < 1.29 is 0 Å². The Morgan fingerprint density at radius 3 is 2.24 bits per heavy atom. The van der Waals surface area contributed by atoms with E-state index in [-0.39, 0.29) is 0 Å². The largest absolute Gasteiger partial charge is 0.334 e. The van der Waals surface area contributed by atoms with Gasteiger partial charge in [-0.3, -0.25) is 0 Å². The zero-order chi connectivity index (χ0) is 17.6. The summed E-state index contributed by atoms with van der Waals surface area (Å²) in [6.45, 7) is 6.60. The molecule has 0 aliphatic carbocycles. The lowest BCUT2D eigenvalue weighted by molar-refractivity contribution is 0.923. The van der Waals surface area contributed by atoms with Gasteiger partial charge in [0.1, 0.15) is 5.82 Å². The molecule has 1 aromatic heterocycles. The fraction of sp³-hybridized carbons (Fsp3) is 0.174. The Balaban J connectivity index is 2.04. The van der Waals surface area contributed by atoms with E-state index in [9.17, 15) is 0 Å². The molecular weight excluding hydrogens is 304 g/mol. The lowest BCUT2D eigenvalue weighted by atomic mass is 9.88. The minimum absolute atomic E-state index is 1.01. The molecule has 0 aliphatic heterocycles. The van der Waals surface area contributed by atoms with Crippen molar-refractivity contribution in [2.75, 3.05) is 0 Å².